The van der Waals surface area contributed by atoms with Gasteiger partial charge >= 0.3 is 0 Å². The summed E-state index contributed by atoms with van der Waals surface area (Å²) in [5, 5.41) is 10.3. The van der Waals surface area contributed by atoms with Gasteiger partial charge in [0.15, 0.2) is 5.17 Å². The van der Waals surface area contributed by atoms with Crippen LogP contribution in [-0.4, -0.2) is 23.5 Å². The maximum absolute atomic E-state index is 6.89. The molecule has 0 aliphatic rings. The maximum Gasteiger partial charge on any atom is 0.151 e. The molecule has 0 aromatic carbocycles. The van der Waals surface area contributed by atoms with E-state index in [1.54, 1.807) is 0 Å². The maximum atomic E-state index is 6.89. The Morgan fingerprint density at radius 1 is 1.70 bits per heavy atom. The van der Waals surface area contributed by atoms with Crippen LogP contribution in [0.15, 0.2) is 0 Å². The summed E-state index contributed by atoms with van der Waals surface area (Å²) in [5.41, 5.74) is 5.13. The summed E-state index contributed by atoms with van der Waals surface area (Å²) in [6, 6.07) is 0.521. The Morgan fingerprint density at radius 2 is 2.30 bits per heavy atom. The number of hydrogen-bond acceptors (Lipinski definition) is 3. The summed E-state index contributed by atoms with van der Waals surface area (Å²) < 4.78 is 0. The first-order chi connectivity index (χ1) is 4.63. The first-order valence-electron chi connectivity index (χ1n) is 3.33. The van der Waals surface area contributed by atoms with Crippen LogP contribution in [-0.2, 0) is 0 Å². The van der Waals surface area contributed by atoms with E-state index in [9.17, 15) is 0 Å². The summed E-state index contributed by atoms with van der Waals surface area (Å²) in [6.07, 6.45) is 0. The van der Waals surface area contributed by atoms with Gasteiger partial charge in [0.2, 0.25) is 0 Å². The van der Waals surface area contributed by atoms with Crippen molar-refractivity contribution in [3.63, 3.8) is 0 Å². The Labute approximate surface area is 66.3 Å². The molecule has 10 heavy (non-hydrogen) atoms. The molecule has 0 aromatic rings. The second-order valence-corrected chi connectivity index (χ2v) is 3.46. The van der Waals surface area contributed by atoms with E-state index in [4.69, 9.17) is 11.1 Å². The molecule has 0 atom stereocenters. The van der Waals surface area contributed by atoms with E-state index in [0.29, 0.717) is 6.04 Å². The number of nitrogens with one attached hydrogen (secondary N) is 2. The molecule has 0 aliphatic heterocycles. The molecule has 0 radical (unpaired) electrons. The minimum Gasteiger partial charge on any atom is -0.379 e. The molecular weight excluding hydrogens is 146 g/mol. The molecule has 60 valence electrons. The van der Waals surface area contributed by atoms with E-state index in [1.165, 1.54) is 11.8 Å². The predicted octanol–water partition coefficient (Wildman–Crippen LogP) is 0.611. The van der Waals surface area contributed by atoms with Gasteiger partial charge in [-0.2, -0.15) is 0 Å². The van der Waals surface area contributed by atoms with Gasteiger partial charge in [-0.05, 0) is 0 Å². The Bertz CT molecular complexity index is 103. The van der Waals surface area contributed by atoms with Crippen molar-refractivity contribution >= 4 is 16.9 Å². The topological polar surface area (TPSA) is 61.9 Å². The standard InChI is InChI=1S/C6H15N3S/c1-5(2)9-3-4-10-6(7)8/h5,9H,3-4H2,1-2H3,(H3,7,8). The lowest BCUT2D eigenvalue weighted by Crippen LogP contribution is -2.25. The molecule has 0 amide bonds. The minimum atomic E-state index is 0.200. The molecule has 0 fully saturated rings. The minimum absolute atomic E-state index is 0.200. The Hall–Kier alpha value is -0.220. The summed E-state index contributed by atoms with van der Waals surface area (Å²) in [5.74, 6) is 0.882. The summed E-state index contributed by atoms with van der Waals surface area (Å²) in [4.78, 5) is 0. The van der Waals surface area contributed by atoms with Gasteiger partial charge in [0.05, 0.1) is 0 Å². The highest BCUT2D eigenvalue weighted by atomic mass is 32.2. The highest BCUT2D eigenvalue weighted by Crippen LogP contribution is 1.94. The fraction of sp³-hybridized carbons (Fsp3) is 0.833. The van der Waals surface area contributed by atoms with Crippen LogP contribution >= 0.6 is 11.8 Å². The molecule has 0 unspecified atom stereocenters. The largest absolute Gasteiger partial charge is 0.379 e. The molecule has 0 aromatic heterocycles. The molecule has 0 saturated heterocycles. The molecule has 3 nitrogen and oxygen atoms in total. The van der Waals surface area contributed by atoms with Crippen LogP contribution in [0, 0.1) is 5.41 Å². The first kappa shape index (κ1) is 9.78. The van der Waals surface area contributed by atoms with Crippen molar-refractivity contribution in [3.05, 3.63) is 0 Å². The van der Waals surface area contributed by atoms with Crippen LogP contribution in [0.3, 0.4) is 0 Å². The van der Waals surface area contributed by atoms with E-state index >= 15 is 0 Å². The lowest BCUT2D eigenvalue weighted by Gasteiger charge is -2.05. The Morgan fingerprint density at radius 3 is 2.70 bits per heavy atom. The van der Waals surface area contributed by atoms with Gasteiger partial charge in [-0.25, -0.2) is 0 Å². The highest BCUT2D eigenvalue weighted by Gasteiger charge is 1.92. The van der Waals surface area contributed by atoms with Crippen LogP contribution in [0.25, 0.3) is 0 Å². The smallest absolute Gasteiger partial charge is 0.151 e. The third kappa shape index (κ3) is 7.78. The lowest BCUT2D eigenvalue weighted by molar-refractivity contribution is 0.616. The van der Waals surface area contributed by atoms with Crippen molar-refractivity contribution in [2.75, 3.05) is 12.3 Å². The van der Waals surface area contributed by atoms with Crippen molar-refractivity contribution in [2.45, 2.75) is 19.9 Å². The van der Waals surface area contributed by atoms with Crippen molar-refractivity contribution in [3.8, 4) is 0 Å². The second-order valence-electron chi connectivity index (χ2n) is 2.32. The summed E-state index contributed by atoms with van der Waals surface area (Å²) in [6.45, 7) is 5.11. The molecular formula is C6H15N3S. The predicted molar refractivity (Wildman–Crippen MR) is 47.5 cm³/mol. The monoisotopic (exact) mass is 161 g/mol. The molecule has 0 rings (SSSR count). The zero-order valence-corrected chi connectivity index (χ0v) is 7.29. The summed E-state index contributed by atoms with van der Waals surface area (Å²) >= 11 is 1.37. The fourth-order valence-corrected chi connectivity index (χ4v) is 0.948. The zero-order valence-electron chi connectivity index (χ0n) is 6.48. The van der Waals surface area contributed by atoms with Crippen molar-refractivity contribution in [1.29, 1.82) is 5.41 Å². The lowest BCUT2D eigenvalue weighted by atomic mass is 10.4. The van der Waals surface area contributed by atoms with Crippen LogP contribution in [0.1, 0.15) is 13.8 Å². The SMILES string of the molecule is CC(C)NCCSC(=N)N. The van der Waals surface area contributed by atoms with E-state index in [-0.39, 0.29) is 5.17 Å². The van der Waals surface area contributed by atoms with Crippen molar-refractivity contribution in [1.82, 2.24) is 5.32 Å². The number of thioether (sulfide) groups is 1. The highest BCUT2D eigenvalue weighted by molar-refractivity contribution is 8.13. The van der Waals surface area contributed by atoms with E-state index in [0.717, 1.165) is 12.3 Å². The molecule has 0 saturated carbocycles. The van der Waals surface area contributed by atoms with E-state index < -0.39 is 0 Å². The Kier molecular flexibility index (Phi) is 5.43. The number of amidine groups is 1. The zero-order chi connectivity index (χ0) is 7.98. The third-order valence-corrected chi connectivity index (χ3v) is 1.63. The van der Waals surface area contributed by atoms with Crippen LogP contribution in [0.2, 0.25) is 0 Å². The van der Waals surface area contributed by atoms with Gasteiger partial charge in [-0.15, -0.1) is 0 Å². The summed E-state index contributed by atoms with van der Waals surface area (Å²) in [7, 11) is 0. The van der Waals surface area contributed by atoms with Crippen LogP contribution in [0.4, 0.5) is 0 Å². The van der Waals surface area contributed by atoms with E-state index in [2.05, 4.69) is 19.2 Å². The van der Waals surface area contributed by atoms with Gasteiger partial charge in [-0.1, -0.05) is 25.6 Å². The normalized spacial score (nSPS) is 10.3. The Balaban J connectivity index is 2.98. The van der Waals surface area contributed by atoms with Crippen LogP contribution in [0.5, 0.6) is 0 Å². The number of hydrogen-bond donors (Lipinski definition) is 3. The third-order valence-electron chi connectivity index (χ3n) is 0.912. The van der Waals surface area contributed by atoms with Crippen LogP contribution < -0.4 is 11.1 Å². The second kappa shape index (κ2) is 5.56. The van der Waals surface area contributed by atoms with Gasteiger partial charge in [0.25, 0.3) is 0 Å². The fourth-order valence-electron chi connectivity index (χ4n) is 0.509. The molecule has 4 heteroatoms. The molecule has 0 bridgehead atoms. The van der Waals surface area contributed by atoms with Gasteiger partial charge in [0, 0.05) is 18.3 Å². The average molecular weight is 161 g/mol. The van der Waals surface area contributed by atoms with E-state index in [1.807, 2.05) is 0 Å². The van der Waals surface area contributed by atoms with Gasteiger partial charge in [-0.3, -0.25) is 5.41 Å². The van der Waals surface area contributed by atoms with Gasteiger partial charge in [0.1, 0.15) is 0 Å². The quantitative estimate of drug-likeness (QED) is 0.321. The number of nitrogens with two attached hydrogens (primary N) is 1. The van der Waals surface area contributed by atoms with Gasteiger partial charge < -0.3 is 11.1 Å². The molecule has 0 spiro atoms. The molecule has 4 N–H and O–H groups in total. The number of rotatable bonds is 4. The van der Waals surface area contributed by atoms with Crippen molar-refractivity contribution < 1.29 is 0 Å². The first-order valence-corrected chi connectivity index (χ1v) is 4.31. The van der Waals surface area contributed by atoms with Crippen molar-refractivity contribution in [2.24, 2.45) is 5.73 Å². The molecule has 0 heterocycles. The molecule has 0 aliphatic carbocycles. The average Bonchev–Trinajstić information content (AvgIpc) is 1.79.